The van der Waals surface area contributed by atoms with Crippen molar-refractivity contribution >= 4 is 18.5 Å². The number of thiol groups is 1. The van der Waals surface area contributed by atoms with Crippen LogP contribution in [0.4, 0.5) is 0 Å². The second-order valence-electron chi connectivity index (χ2n) is 4.06. The lowest BCUT2D eigenvalue weighted by molar-refractivity contribution is -0.121. The van der Waals surface area contributed by atoms with E-state index >= 15 is 0 Å². The Kier molecular flexibility index (Phi) is 4.10. The Morgan fingerprint density at radius 2 is 2.15 bits per heavy atom. The van der Waals surface area contributed by atoms with Gasteiger partial charge < -0.3 is 5.32 Å². The minimum atomic E-state index is 0.154. The molecule has 0 aromatic carbocycles. The SMILES string of the molecule is CC1CCC(NC(=O)CCS)C1C. The van der Waals surface area contributed by atoms with Gasteiger partial charge in [-0.3, -0.25) is 4.79 Å². The quantitative estimate of drug-likeness (QED) is 0.671. The summed E-state index contributed by atoms with van der Waals surface area (Å²) in [5.74, 6) is 2.17. The van der Waals surface area contributed by atoms with Crippen LogP contribution in [0.2, 0.25) is 0 Å². The molecule has 13 heavy (non-hydrogen) atoms. The number of carbonyl (C=O) groups is 1. The molecule has 76 valence electrons. The molecule has 1 rings (SSSR count). The highest BCUT2D eigenvalue weighted by Gasteiger charge is 2.30. The molecule has 3 heteroatoms. The predicted molar refractivity (Wildman–Crippen MR) is 58.0 cm³/mol. The summed E-state index contributed by atoms with van der Waals surface area (Å²) in [7, 11) is 0. The molecule has 0 saturated heterocycles. The van der Waals surface area contributed by atoms with E-state index in [4.69, 9.17) is 0 Å². The molecule has 0 aromatic rings. The highest BCUT2D eigenvalue weighted by atomic mass is 32.1. The molecule has 0 aliphatic heterocycles. The third kappa shape index (κ3) is 2.90. The van der Waals surface area contributed by atoms with Gasteiger partial charge in [0.15, 0.2) is 0 Å². The van der Waals surface area contributed by atoms with Crippen molar-refractivity contribution in [2.45, 2.75) is 39.2 Å². The average molecular weight is 201 g/mol. The second kappa shape index (κ2) is 4.89. The van der Waals surface area contributed by atoms with E-state index in [-0.39, 0.29) is 5.91 Å². The van der Waals surface area contributed by atoms with E-state index in [1.807, 2.05) is 0 Å². The summed E-state index contributed by atoms with van der Waals surface area (Å²) in [6, 6.07) is 0.405. The number of amides is 1. The monoisotopic (exact) mass is 201 g/mol. The Balaban J connectivity index is 2.33. The van der Waals surface area contributed by atoms with Crippen molar-refractivity contribution in [2.24, 2.45) is 11.8 Å². The number of carbonyl (C=O) groups excluding carboxylic acids is 1. The lowest BCUT2D eigenvalue weighted by Gasteiger charge is -2.19. The predicted octanol–water partition coefficient (Wildman–Crippen LogP) is 1.86. The fraction of sp³-hybridized carbons (Fsp3) is 0.900. The molecule has 0 heterocycles. The Morgan fingerprint density at radius 1 is 1.46 bits per heavy atom. The van der Waals surface area contributed by atoms with Crippen molar-refractivity contribution in [1.82, 2.24) is 5.32 Å². The largest absolute Gasteiger partial charge is 0.353 e. The molecular weight excluding hydrogens is 182 g/mol. The molecule has 0 spiro atoms. The molecule has 3 atom stereocenters. The van der Waals surface area contributed by atoms with Gasteiger partial charge in [-0.1, -0.05) is 13.8 Å². The first-order valence-corrected chi connectivity index (χ1v) is 5.68. The van der Waals surface area contributed by atoms with Gasteiger partial charge in [-0.15, -0.1) is 0 Å². The average Bonchev–Trinajstić information content (AvgIpc) is 2.37. The van der Waals surface area contributed by atoms with Gasteiger partial charge in [-0.25, -0.2) is 0 Å². The van der Waals surface area contributed by atoms with Gasteiger partial charge in [0, 0.05) is 12.5 Å². The van der Waals surface area contributed by atoms with Crippen LogP contribution in [-0.4, -0.2) is 17.7 Å². The molecule has 1 aliphatic carbocycles. The number of nitrogens with one attached hydrogen (secondary N) is 1. The third-order valence-electron chi connectivity index (χ3n) is 3.15. The Morgan fingerprint density at radius 3 is 2.62 bits per heavy atom. The first-order chi connectivity index (χ1) is 6.15. The van der Waals surface area contributed by atoms with Crippen molar-refractivity contribution < 1.29 is 4.79 Å². The highest BCUT2D eigenvalue weighted by Crippen LogP contribution is 2.30. The van der Waals surface area contributed by atoms with Crippen molar-refractivity contribution in [2.75, 3.05) is 5.75 Å². The van der Waals surface area contributed by atoms with E-state index < -0.39 is 0 Å². The van der Waals surface area contributed by atoms with Gasteiger partial charge in [-0.05, 0) is 30.4 Å². The van der Waals surface area contributed by atoms with Gasteiger partial charge in [0.05, 0.1) is 0 Å². The molecule has 0 radical (unpaired) electrons. The molecule has 0 aromatic heterocycles. The van der Waals surface area contributed by atoms with Crippen molar-refractivity contribution in [3.05, 3.63) is 0 Å². The van der Waals surface area contributed by atoms with Crippen LogP contribution in [0.3, 0.4) is 0 Å². The maximum absolute atomic E-state index is 11.3. The molecule has 0 bridgehead atoms. The highest BCUT2D eigenvalue weighted by molar-refractivity contribution is 7.80. The topological polar surface area (TPSA) is 29.1 Å². The van der Waals surface area contributed by atoms with E-state index in [0.29, 0.717) is 24.1 Å². The smallest absolute Gasteiger partial charge is 0.221 e. The second-order valence-corrected chi connectivity index (χ2v) is 4.51. The zero-order chi connectivity index (χ0) is 9.84. The van der Waals surface area contributed by atoms with Gasteiger partial charge in [0.2, 0.25) is 5.91 Å². The van der Waals surface area contributed by atoms with Crippen LogP contribution < -0.4 is 5.32 Å². The molecule has 1 N–H and O–H groups in total. The van der Waals surface area contributed by atoms with E-state index in [1.165, 1.54) is 6.42 Å². The minimum Gasteiger partial charge on any atom is -0.353 e. The molecular formula is C10H19NOS. The Hall–Kier alpha value is -0.180. The summed E-state index contributed by atoms with van der Waals surface area (Å²) in [6.07, 6.45) is 2.92. The molecule has 1 saturated carbocycles. The summed E-state index contributed by atoms with van der Waals surface area (Å²) in [5.41, 5.74) is 0. The van der Waals surface area contributed by atoms with E-state index in [0.717, 1.165) is 12.3 Å². The fourth-order valence-electron chi connectivity index (χ4n) is 1.95. The number of hydrogen-bond donors (Lipinski definition) is 2. The van der Waals surface area contributed by atoms with Crippen molar-refractivity contribution in [3.63, 3.8) is 0 Å². The van der Waals surface area contributed by atoms with Crippen molar-refractivity contribution in [1.29, 1.82) is 0 Å². The maximum atomic E-state index is 11.3. The number of hydrogen-bond acceptors (Lipinski definition) is 2. The molecule has 2 nitrogen and oxygen atoms in total. The van der Waals surface area contributed by atoms with Crippen LogP contribution in [0.5, 0.6) is 0 Å². The Labute approximate surface area is 85.9 Å². The third-order valence-corrected chi connectivity index (χ3v) is 3.37. The maximum Gasteiger partial charge on any atom is 0.221 e. The normalized spacial score (nSPS) is 33.3. The van der Waals surface area contributed by atoms with Gasteiger partial charge in [0.1, 0.15) is 0 Å². The van der Waals surface area contributed by atoms with Crippen LogP contribution in [0.15, 0.2) is 0 Å². The molecule has 1 aliphatic rings. The van der Waals surface area contributed by atoms with Crippen molar-refractivity contribution in [3.8, 4) is 0 Å². The van der Waals surface area contributed by atoms with E-state index in [1.54, 1.807) is 0 Å². The molecule has 1 amide bonds. The molecule has 3 unspecified atom stereocenters. The molecule has 1 fully saturated rings. The summed E-state index contributed by atoms with van der Waals surface area (Å²) >= 11 is 4.04. The standard InChI is InChI=1S/C10H19NOS/c1-7-3-4-9(8(7)2)11-10(12)5-6-13/h7-9,13H,3-6H2,1-2H3,(H,11,12). The fourth-order valence-corrected chi connectivity index (χ4v) is 2.15. The minimum absolute atomic E-state index is 0.154. The summed E-state index contributed by atoms with van der Waals surface area (Å²) in [5, 5.41) is 3.07. The van der Waals surface area contributed by atoms with Gasteiger partial charge in [0.25, 0.3) is 0 Å². The van der Waals surface area contributed by atoms with E-state index in [9.17, 15) is 4.79 Å². The summed E-state index contributed by atoms with van der Waals surface area (Å²) in [6.45, 7) is 4.48. The Bertz CT molecular complexity index is 184. The first-order valence-electron chi connectivity index (χ1n) is 5.05. The van der Waals surface area contributed by atoms with Crippen LogP contribution in [0, 0.1) is 11.8 Å². The van der Waals surface area contributed by atoms with Crippen LogP contribution in [-0.2, 0) is 4.79 Å². The number of rotatable bonds is 3. The first kappa shape index (κ1) is 10.9. The van der Waals surface area contributed by atoms with E-state index in [2.05, 4.69) is 31.8 Å². The zero-order valence-electron chi connectivity index (χ0n) is 8.42. The lowest BCUT2D eigenvalue weighted by Crippen LogP contribution is -2.37. The van der Waals surface area contributed by atoms with Crippen LogP contribution >= 0.6 is 12.6 Å². The van der Waals surface area contributed by atoms with Gasteiger partial charge >= 0.3 is 0 Å². The van der Waals surface area contributed by atoms with Crippen LogP contribution in [0.25, 0.3) is 0 Å². The van der Waals surface area contributed by atoms with Crippen LogP contribution in [0.1, 0.15) is 33.1 Å². The zero-order valence-corrected chi connectivity index (χ0v) is 9.31. The summed E-state index contributed by atoms with van der Waals surface area (Å²) < 4.78 is 0. The lowest BCUT2D eigenvalue weighted by atomic mass is 9.98. The van der Waals surface area contributed by atoms with Gasteiger partial charge in [-0.2, -0.15) is 12.6 Å². The summed E-state index contributed by atoms with van der Waals surface area (Å²) in [4.78, 5) is 11.3.